The summed E-state index contributed by atoms with van der Waals surface area (Å²) in [5, 5.41) is 9.32. The first-order valence-electron chi connectivity index (χ1n) is 6.85. The Bertz CT molecular complexity index is 322. The summed E-state index contributed by atoms with van der Waals surface area (Å²) in [5.41, 5.74) is 1.75. The summed E-state index contributed by atoms with van der Waals surface area (Å²) in [4.78, 5) is 0. The van der Waals surface area contributed by atoms with Gasteiger partial charge in [-0.1, -0.05) is 46.2 Å². The van der Waals surface area contributed by atoms with E-state index < -0.39 is 0 Å². The van der Waals surface area contributed by atoms with E-state index in [1.165, 1.54) is 24.8 Å². The maximum Gasteiger partial charge on any atom is 0.115 e. The molecule has 0 spiro atoms. The van der Waals surface area contributed by atoms with Crippen LogP contribution in [-0.4, -0.2) is 5.11 Å². The highest BCUT2D eigenvalue weighted by atomic mass is 16.3. The van der Waals surface area contributed by atoms with Crippen molar-refractivity contribution in [1.29, 1.82) is 0 Å². The molecule has 0 amide bonds. The smallest absolute Gasteiger partial charge is 0.115 e. The lowest BCUT2D eigenvalue weighted by molar-refractivity contribution is 0.150. The predicted molar refractivity (Wildman–Crippen MR) is 74.3 cm³/mol. The standard InChI is InChI=1S/C16H26O/c1-5-13(4)16(6-2,7-3)12-14-8-10-15(17)11-9-14/h8-11,13,17H,5-7,12H2,1-4H3. The number of aromatic hydroxyl groups is 1. The second kappa shape index (κ2) is 6.09. The third-order valence-electron chi connectivity index (χ3n) is 4.56. The number of hydrogen-bond acceptors (Lipinski definition) is 1. The minimum Gasteiger partial charge on any atom is -0.508 e. The Hall–Kier alpha value is -0.980. The van der Waals surface area contributed by atoms with Crippen LogP contribution in [0.15, 0.2) is 24.3 Å². The van der Waals surface area contributed by atoms with Gasteiger partial charge in [-0.25, -0.2) is 0 Å². The molecular formula is C16H26O. The molecule has 17 heavy (non-hydrogen) atoms. The van der Waals surface area contributed by atoms with Crippen molar-refractivity contribution in [2.24, 2.45) is 11.3 Å². The molecule has 1 rings (SSSR count). The highest BCUT2D eigenvalue weighted by Gasteiger charge is 2.31. The molecule has 1 heteroatoms. The Morgan fingerprint density at radius 1 is 1.06 bits per heavy atom. The lowest BCUT2D eigenvalue weighted by Gasteiger charge is -2.38. The second-order valence-electron chi connectivity index (χ2n) is 5.22. The van der Waals surface area contributed by atoms with Crippen LogP contribution >= 0.6 is 0 Å². The zero-order valence-corrected chi connectivity index (χ0v) is 11.7. The van der Waals surface area contributed by atoms with Crippen LogP contribution in [0.4, 0.5) is 0 Å². The van der Waals surface area contributed by atoms with Crippen LogP contribution < -0.4 is 0 Å². The van der Waals surface area contributed by atoms with Gasteiger partial charge in [-0.3, -0.25) is 0 Å². The fraction of sp³-hybridized carbons (Fsp3) is 0.625. The van der Waals surface area contributed by atoms with E-state index in [1.54, 1.807) is 12.1 Å². The zero-order valence-electron chi connectivity index (χ0n) is 11.7. The van der Waals surface area contributed by atoms with Crippen LogP contribution in [0.5, 0.6) is 5.75 Å². The second-order valence-corrected chi connectivity index (χ2v) is 5.22. The van der Waals surface area contributed by atoms with Crippen molar-refractivity contribution in [2.75, 3.05) is 0 Å². The average molecular weight is 234 g/mol. The molecule has 0 fully saturated rings. The largest absolute Gasteiger partial charge is 0.508 e. The maximum absolute atomic E-state index is 9.32. The molecule has 0 saturated carbocycles. The first-order chi connectivity index (χ1) is 8.07. The van der Waals surface area contributed by atoms with Crippen LogP contribution in [-0.2, 0) is 6.42 Å². The van der Waals surface area contributed by atoms with E-state index in [1.807, 2.05) is 0 Å². The fourth-order valence-corrected chi connectivity index (χ4v) is 2.82. The highest BCUT2D eigenvalue weighted by molar-refractivity contribution is 5.26. The molecule has 1 atom stereocenters. The molecule has 0 aromatic heterocycles. The molecule has 0 aliphatic rings. The van der Waals surface area contributed by atoms with Crippen LogP contribution in [0.25, 0.3) is 0 Å². The maximum atomic E-state index is 9.32. The topological polar surface area (TPSA) is 20.2 Å². The van der Waals surface area contributed by atoms with Gasteiger partial charge in [-0.2, -0.15) is 0 Å². The summed E-state index contributed by atoms with van der Waals surface area (Å²) in [6.07, 6.45) is 4.80. The Kier molecular flexibility index (Phi) is 5.04. The monoisotopic (exact) mass is 234 g/mol. The first-order valence-corrected chi connectivity index (χ1v) is 6.85. The van der Waals surface area contributed by atoms with Crippen molar-refractivity contribution in [3.8, 4) is 5.75 Å². The normalized spacial score (nSPS) is 13.6. The summed E-state index contributed by atoms with van der Waals surface area (Å²) >= 11 is 0. The molecule has 0 aliphatic carbocycles. The van der Waals surface area contributed by atoms with E-state index in [0.717, 1.165) is 12.3 Å². The minimum absolute atomic E-state index is 0.357. The Morgan fingerprint density at radius 2 is 1.59 bits per heavy atom. The minimum atomic E-state index is 0.357. The summed E-state index contributed by atoms with van der Waals surface area (Å²) in [6, 6.07) is 7.69. The van der Waals surface area contributed by atoms with Gasteiger partial charge in [0.15, 0.2) is 0 Å². The zero-order chi connectivity index (χ0) is 12.9. The molecule has 1 N–H and O–H groups in total. The van der Waals surface area contributed by atoms with Crippen molar-refractivity contribution in [1.82, 2.24) is 0 Å². The SMILES string of the molecule is CCC(C)C(CC)(CC)Cc1ccc(O)cc1. The molecule has 1 aromatic carbocycles. The van der Waals surface area contributed by atoms with Gasteiger partial charge in [0.1, 0.15) is 5.75 Å². The van der Waals surface area contributed by atoms with Crippen molar-refractivity contribution in [3.63, 3.8) is 0 Å². The summed E-state index contributed by atoms with van der Waals surface area (Å²) < 4.78 is 0. The van der Waals surface area contributed by atoms with Gasteiger partial charge in [0, 0.05) is 0 Å². The van der Waals surface area contributed by atoms with E-state index in [2.05, 4.69) is 39.8 Å². The molecule has 1 nitrogen and oxygen atoms in total. The van der Waals surface area contributed by atoms with Gasteiger partial charge in [0.05, 0.1) is 0 Å². The Balaban J connectivity index is 2.89. The number of benzene rings is 1. The molecule has 0 heterocycles. The van der Waals surface area contributed by atoms with Gasteiger partial charge < -0.3 is 5.11 Å². The number of phenols is 1. The van der Waals surface area contributed by atoms with Gasteiger partial charge in [-0.15, -0.1) is 0 Å². The molecule has 0 radical (unpaired) electrons. The number of rotatable bonds is 6. The van der Waals surface area contributed by atoms with E-state index in [4.69, 9.17) is 0 Å². The third-order valence-corrected chi connectivity index (χ3v) is 4.56. The summed E-state index contributed by atoms with van der Waals surface area (Å²) in [6.45, 7) is 9.25. The number of phenolic OH excluding ortho intramolecular Hbond substituents is 1. The van der Waals surface area contributed by atoms with Gasteiger partial charge in [0.2, 0.25) is 0 Å². The molecule has 0 bridgehead atoms. The molecule has 96 valence electrons. The molecule has 1 aromatic rings. The number of hydrogen-bond donors (Lipinski definition) is 1. The lowest BCUT2D eigenvalue weighted by atomic mass is 9.67. The van der Waals surface area contributed by atoms with Crippen molar-refractivity contribution < 1.29 is 5.11 Å². The van der Waals surface area contributed by atoms with Crippen LogP contribution in [0.2, 0.25) is 0 Å². The lowest BCUT2D eigenvalue weighted by Crippen LogP contribution is -2.29. The van der Waals surface area contributed by atoms with Crippen LogP contribution in [0.3, 0.4) is 0 Å². The van der Waals surface area contributed by atoms with Crippen molar-refractivity contribution in [3.05, 3.63) is 29.8 Å². The fourth-order valence-electron chi connectivity index (χ4n) is 2.82. The van der Waals surface area contributed by atoms with Crippen molar-refractivity contribution >= 4 is 0 Å². The van der Waals surface area contributed by atoms with E-state index in [9.17, 15) is 5.11 Å². The van der Waals surface area contributed by atoms with Crippen molar-refractivity contribution in [2.45, 2.75) is 53.4 Å². The highest BCUT2D eigenvalue weighted by Crippen LogP contribution is 2.40. The summed E-state index contributed by atoms with van der Waals surface area (Å²) in [7, 11) is 0. The van der Waals surface area contributed by atoms with Gasteiger partial charge in [-0.05, 0) is 48.3 Å². The first kappa shape index (κ1) is 14.1. The average Bonchev–Trinajstić information content (AvgIpc) is 2.37. The van der Waals surface area contributed by atoms with Gasteiger partial charge >= 0.3 is 0 Å². The molecular weight excluding hydrogens is 208 g/mol. The quantitative estimate of drug-likeness (QED) is 0.750. The molecule has 0 saturated heterocycles. The summed E-state index contributed by atoms with van der Waals surface area (Å²) in [5.74, 6) is 1.10. The Labute approximate surface area is 106 Å². The molecule has 0 aliphatic heterocycles. The van der Waals surface area contributed by atoms with Crippen LogP contribution in [0, 0.1) is 11.3 Å². The predicted octanol–water partition coefficient (Wildman–Crippen LogP) is 4.79. The van der Waals surface area contributed by atoms with E-state index in [0.29, 0.717) is 11.2 Å². The third kappa shape index (κ3) is 3.24. The Morgan fingerprint density at radius 3 is 2.00 bits per heavy atom. The molecule has 1 unspecified atom stereocenters. The van der Waals surface area contributed by atoms with Crippen LogP contribution in [0.1, 0.15) is 52.5 Å². The van der Waals surface area contributed by atoms with E-state index >= 15 is 0 Å². The van der Waals surface area contributed by atoms with E-state index in [-0.39, 0.29) is 0 Å². The van der Waals surface area contributed by atoms with Gasteiger partial charge in [0.25, 0.3) is 0 Å².